The average Bonchev–Trinajstić information content (AvgIpc) is 2.51. The van der Waals surface area contributed by atoms with E-state index in [2.05, 4.69) is 0 Å². The molecule has 0 N–H and O–H groups in total. The SMILES string of the molecule is O=C(O[C@@H]1CC[C@H](F)c2ccccc21)c1ccccc1. The molecule has 0 amide bonds. The van der Waals surface area contributed by atoms with Crippen LogP contribution in [0.1, 0.15) is 46.6 Å². The third kappa shape index (κ3) is 2.44. The lowest BCUT2D eigenvalue weighted by atomic mass is 9.88. The predicted octanol–water partition coefficient (Wildman–Crippen LogP) is 4.39. The van der Waals surface area contributed by atoms with Crippen LogP contribution in [-0.2, 0) is 4.74 Å². The molecule has 3 rings (SSSR count). The number of fused-ring (bicyclic) bond motifs is 1. The first-order chi connectivity index (χ1) is 9.75. The standard InChI is InChI=1S/C17H15FO2/c18-15-10-11-16(14-9-5-4-8-13(14)15)20-17(19)12-6-2-1-3-7-12/h1-9,15-16H,10-11H2/t15-,16+/m0/s1. The predicted molar refractivity (Wildman–Crippen MR) is 74.1 cm³/mol. The van der Waals surface area contributed by atoms with Crippen LogP contribution in [0.15, 0.2) is 54.6 Å². The second kappa shape index (κ2) is 5.45. The van der Waals surface area contributed by atoms with Crippen LogP contribution in [0.2, 0.25) is 0 Å². The van der Waals surface area contributed by atoms with E-state index in [4.69, 9.17) is 4.74 Å². The maximum atomic E-state index is 13.9. The number of rotatable bonds is 2. The van der Waals surface area contributed by atoms with Gasteiger partial charge < -0.3 is 4.74 Å². The molecule has 0 heterocycles. The molecule has 0 aliphatic heterocycles. The molecule has 0 saturated heterocycles. The number of carbonyl (C=O) groups excluding carboxylic acids is 1. The maximum Gasteiger partial charge on any atom is 0.338 e. The van der Waals surface area contributed by atoms with Gasteiger partial charge in [0.15, 0.2) is 0 Å². The van der Waals surface area contributed by atoms with Crippen molar-refractivity contribution in [2.24, 2.45) is 0 Å². The van der Waals surface area contributed by atoms with E-state index in [0.29, 0.717) is 24.0 Å². The number of alkyl halides is 1. The Morgan fingerprint density at radius 2 is 1.60 bits per heavy atom. The van der Waals surface area contributed by atoms with Crippen LogP contribution in [0.3, 0.4) is 0 Å². The quantitative estimate of drug-likeness (QED) is 0.756. The van der Waals surface area contributed by atoms with E-state index in [1.165, 1.54) is 0 Å². The highest BCUT2D eigenvalue weighted by Crippen LogP contribution is 2.40. The highest BCUT2D eigenvalue weighted by atomic mass is 19.1. The van der Waals surface area contributed by atoms with Gasteiger partial charge in [0.2, 0.25) is 0 Å². The molecule has 1 aliphatic carbocycles. The van der Waals surface area contributed by atoms with Gasteiger partial charge in [0, 0.05) is 0 Å². The molecule has 2 nitrogen and oxygen atoms in total. The van der Waals surface area contributed by atoms with E-state index in [9.17, 15) is 9.18 Å². The van der Waals surface area contributed by atoms with Crippen molar-refractivity contribution in [3.63, 3.8) is 0 Å². The summed E-state index contributed by atoms with van der Waals surface area (Å²) in [7, 11) is 0. The highest BCUT2D eigenvalue weighted by Gasteiger charge is 2.29. The summed E-state index contributed by atoms with van der Waals surface area (Å²) in [6.45, 7) is 0. The summed E-state index contributed by atoms with van der Waals surface area (Å²) in [6.07, 6.45) is -0.399. The van der Waals surface area contributed by atoms with Gasteiger partial charge >= 0.3 is 5.97 Å². The van der Waals surface area contributed by atoms with Gasteiger partial charge in [-0.2, -0.15) is 0 Å². The van der Waals surface area contributed by atoms with Crippen LogP contribution in [0.5, 0.6) is 0 Å². The normalized spacial score (nSPS) is 21.1. The van der Waals surface area contributed by atoms with Crippen molar-refractivity contribution in [2.75, 3.05) is 0 Å². The lowest BCUT2D eigenvalue weighted by Crippen LogP contribution is -2.18. The first kappa shape index (κ1) is 12.9. The molecule has 20 heavy (non-hydrogen) atoms. The van der Waals surface area contributed by atoms with Crippen molar-refractivity contribution in [3.8, 4) is 0 Å². The minimum Gasteiger partial charge on any atom is -0.454 e. The van der Waals surface area contributed by atoms with E-state index in [1.54, 1.807) is 30.3 Å². The van der Waals surface area contributed by atoms with Crippen LogP contribution < -0.4 is 0 Å². The van der Waals surface area contributed by atoms with Gasteiger partial charge in [-0.3, -0.25) is 0 Å². The summed E-state index contributed by atoms with van der Waals surface area (Å²) >= 11 is 0. The Balaban J connectivity index is 1.82. The maximum absolute atomic E-state index is 13.9. The van der Waals surface area contributed by atoms with Crippen molar-refractivity contribution in [3.05, 3.63) is 71.3 Å². The molecule has 0 unspecified atom stereocenters. The summed E-state index contributed by atoms with van der Waals surface area (Å²) in [5.74, 6) is -0.359. The monoisotopic (exact) mass is 270 g/mol. The van der Waals surface area contributed by atoms with Gasteiger partial charge in [-0.25, -0.2) is 9.18 Å². The van der Waals surface area contributed by atoms with Crippen LogP contribution in [0.4, 0.5) is 4.39 Å². The zero-order valence-corrected chi connectivity index (χ0v) is 11.0. The first-order valence-electron chi connectivity index (χ1n) is 6.74. The Labute approximate surface area is 117 Å². The second-order valence-corrected chi connectivity index (χ2v) is 4.93. The Kier molecular flexibility index (Phi) is 3.50. The number of esters is 1. The lowest BCUT2D eigenvalue weighted by Gasteiger charge is -2.27. The molecular weight excluding hydrogens is 255 g/mol. The van der Waals surface area contributed by atoms with E-state index >= 15 is 0 Å². The molecule has 1 aliphatic rings. The van der Waals surface area contributed by atoms with Gasteiger partial charge in [0.25, 0.3) is 0 Å². The van der Waals surface area contributed by atoms with E-state index in [0.717, 1.165) is 5.56 Å². The number of halogens is 1. The third-order valence-electron chi connectivity index (χ3n) is 3.62. The number of hydrogen-bond acceptors (Lipinski definition) is 2. The first-order valence-corrected chi connectivity index (χ1v) is 6.74. The van der Waals surface area contributed by atoms with Gasteiger partial charge in [0.05, 0.1) is 5.56 Å². The van der Waals surface area contributed by atoms with E-state index in [-0.39, 0.29) is 12.1 Å². The Morgan fingerprint density at radius 3 is 2.35 bits per heavy atom. The summed E-state index contributed by atoms with van der Waals surface area (Å²) < 4.78 is 19.4. The van der Waals surface area contributed by atoms with Crippen LogP contribution in [0.25, 0.3) is 0 Å². The number of benzene rings is 2. The molecule has 0 spiro atoms. The van der Waals surface area contributed by atoms with E-state index < -0.39 is 6.17 Å². The lowest BCUT2D eigenvalue weighted by molar-refractivity contribution is 0.0220. The molecule has 0 fully saturated rings. The van der Waals surface area contributed by atoms with Gasteiger partial charge in [-0.05, 0) is 36.1 Å². The number of hydrogen-bond donors (Lipinski definition) is 0. The average molecular weight is 270 g/mol. The summed E-state index contributed by atoms with van der Waals surface area (Å²) in [5, 5.41) is 0. The highest BCUT2D eigenvalue weighted by molar-refractivity contribution is 5.89. The fourth-order valence-electron chi connectivity index (χ4n) is 2.59. The van der Waals surface area contributed by atoms with Crippen molar-refractivity contribution in [1.29, 1.82) is 0 Å². The molecule has 102 valence electrons. The van der Waals surface area contributed by atoms with Crippen molar-refractivity contribution in [1.82, 2.24) is 0 Å². The fraction of sp³-hybridized carbons (Fsp3) is 0.235. The number of carbonyl (C=O) groups is 1. The molecule has 0 saturated carbocycles. The molecular formula is C17H15FO2. The zero-order chi connectivity index (χ0) is 13.9. The number of ether oxygens (including phenoxy) is 1. The molecule has 0 aromatic heterocycles. The summed E-state index contributed by atoms with van der Waals surface area (Å²) in [6, 6.07) is 16.1. The Hall–Kier alpha value is -2.16. The van der Waals surface area contributed by atoms with E-state index in [1.807, 2.05) is 24.3 Å². The summed E-state index contributed by atoms with van der Waals surface area (Å²) in [4.78, 5) is 12.1. The summed E-state index contributed by atoms with van der Waals surface area (Å²) in [5.41, 5.74) is 1.95. The minimum absolute atomic E-state index is 0.356. The van der Waals surface area contributed by atoms with Crippen molar-refractivity contribution in [2.45, 2.75) is 25.1 Å². The van der Waals surface area contributed by atoms with Gasteiger partial charge in [-0.15, -0.1) is 0 Å². The topological polar surface area (TPSA) is 26.3 Å². The van der Waals surface area contributed by atoms with Crippen molar-refractivity contribution < 1.29 is 13.9 Å². The zero-order valence-electron chi connectivity index (χ0n) is 11.0. The van der Waals surface area contributed by atoms with Gasteiger partial charge in [0.1, 0.15) is 12.3 Å². The van der Waals surface area contributed by atoms with Crippen LogP contribution in [0, 0.1) is 0 Å². The molecule has 2 atom stereocenters. The molecule has 3 heteroatoms. The fourth-order valence-corrected chi connectivity index (χ4v) is 2.59. The van der Waals surface area contributed by atoms with Gasteiger partial charge in [-0.1, -0.05) is 42.5 Å². The molecule has 2 aromatic rings. The van der Waals surface area contributed by atoms with Crippen LogP contribution in [-0.4, -0.2) is 5.97 Å². The minimum atomic E-state index is -0.960. The smallest absolute Gasteiger partial charge is 0.338 e. The second-order valence-electron chi connectivity index (χ2n) is 4.93. The van der Waals surface area contributed by atoms with Crippen LogP contribution >= 0.6 is 0 Å². The molecule has 2 aromatic carbocycles. The molecule has 0 radical (unpaired) electrons. The molecule has 0 bridgehead atoms. The Morgan fingerprint density at radius 1 is 0.950 bits per heavy atom. The van der Waals surface area contributed by atoms with Crippen molar-refractivity contribution >= 4 is 5.97 Å². The third-order valence-corrected chi connectivity index (χ3v) is 3.62. The largest absolute Gasteiger partial charge is 0.454 e. The Bertz CT molecular complexity index is 609.